The van der Waals surface area contributed by atoms with Crippen LogP contribution in [0.3, 0.4) is 0 Å². The third-order valence-electron chi connectivity index (χ3n) is 4.50. The van der Waals surface area contributed by atoms with Crippen molar-refractivity contribution in [2.75, 3.05) is 0 Å². The van der Waals surface area contributed by atoms with E-state index < -0.39 is 0 Å². The first-order chi connectivity index (χ1) is 11.8. The van der Waals surface area contributed by atoms with Gasteiger partial charge >= 0.3 is 0 Å². The molecule has 0 bridgehead atoms. The lowest BCUT2D eigenvalue weighted by atomic mass is 9.95. The molecular formula is C22H13BrO. The van der Waals surface area contributed by atoms with Crippen molar-refractivity contribution >= 4 is 48.6 Å². The summed E-state index contributed by atoms with van der Waals surface area (Å²) in [6, 6.07) is 27.4. The Morgan fingerprint density at radius 2 is 1.46 bits per heavy atom. The van der Waals surface area contributed by atoms with E-state index >= 15 is 0 Å². The van der Waals surface area contributed by atoms with Gasteiger partial charge < -0.3 is 4.42 Å². The minimum atomic E-state index is 0.930. The minimum Gasteiger partial charge on any atom is -0.455 e. The largest absolute Gasteiger partial charge is 0.455 e. The highest BCUT2D eigenvalue weighted by Crippen LogP contribution is 2.41. The Balaban J connectivity index is 2.04. The van der Waals surface area contributed by atoms with Gasteiger partial charge in [-0.3, -0.25) is 0 Å². The molecule has 1 aromatic heterocycles. The Labute approximate surface area is 147 Å². The minimum absolute atomic E-state index is 0.930. The summed E-state index contributed by atoms with van der Waals surface area (Å²) in [5.74, 6) is 0. The van der Waals surface area contributed by atoms with E-state index in [9.17, 15) is 0 Å². The number of rotatable bonds is 1. The molecule has 114 valence electrons. The molecule has 0 N–H and O–H groups in total. The van der Waals surface area contributed by atoms with Crippen molar-refractivity contribution in [2.24, 2.45) is 0 Å². The van der Waals surface area contributed by atoms with Crippen LogP contribution in [0.25, 0.3) is 43.8 Å². The average Bonchev–Trinajstić information content (AvgIpc) is 2.97. The van der Waals surface area contributed by atoms with E-state index in [2.05, 4.69) is 76.6 Å². The Kier molecular flexibility index (Phi) is 3.00. The normalized spacial score (nSPS) is 11.5. The molecule has 5 rings (SSSR count). The van der Waals surface area contributed by atoms with Gasteiger partial charge in [0.2, 0.25) is 0 Å². The molecule has 0 fully saturated rings. The first kappa shape index (κ1) is 13.8. The average molecular weight is 373 g/mol. The summed E-state index contributed by atoms with van der Waals surface area (Å²) in [7, 11) is 0. The van der Waals surface area contributed by atoms with Crippen LogP contribution in [0.15, 0.2) is 87.8 Å². The van der Waals surface area contributed by atoms with Crippen LogP contribution >= 0.6 is 15.9 Å². The second-order valence-electron chi connectivity index (χ2n) is 5.96. The molecule has 0 aliphatic rings. The van der Waals surface area contributed by atoms with Gasteiger partial charge in [0.1, 0.15) is 11.2 Å². The quantitative estimate of drug-likeness (QED) is 0.304. The Bertz CT molecular complexity index is 1220. The number of halogens is 1. The Morgan fingerprint density at radius 1 is 0.667 bits per heavy atom. The van der Waals surface area contributed by atoms with Crippen LogP contribution in [0, 0.1) is 0 Å². The number of fused-ring (bicyclic) bond motifs is 4. The molecule has 0 aliphatic carbocycles. The fourth-order valence-electron chi connectivity index (χ4n) is 3.45. The maximum atomic E-state index is 6.27. The predicted molar refractivity (Wildman–Crippen MR) is 104 cm³/mol. The molecule has 0 saturated carbocycles. The summed E-state index contributed by atoms with van der Waals surface area (Å²) in [6.45, 7) is 0. The van der Waals surface area contributed by atoms with Crippen LogP contribution in [-0.4, -0.2) is 0 Å². The third kappa shape index (κ3) is 2.00. The first-order valence-electron chi connectivity index (χ1n) is 7.90. The maximum absolute atomic E-state index is 6.27. The van der Waals surface area contributed by atoms with Gasteiger partial charge in [-0.05, 0) is 40.6 Å². The highest BCUT2D eigenvalue weighted by Gasteiger charge is 2.16. The summed E-state index contributed by atoms with van der Waals surface area (Å²) >= 11 is 3.59. The lowest BCUT2D eigenvalue weighted by Crippen LogP contribution is -1.83. The van der Waals surface area contributed by atoms with Crippen LogP contribution in [-0.2, 0) is 0 Å². The van der Waals surface area contributed by atoms with Crippen LogP contribution in [0.1, 0.15) is 0 Å². The van der Waals surface area contributed by atoms with Crippen molar-refractivity contribution in [2.45, 2.75) is 0 Å². The molecular weight excluding hydrogens is 360 g/mol. The molecule has 0 radical (unpaired) electrons. The molecule has 0 atom stereocenters. The van der Waals surface area contributed by atoms with E-state index in [-0.39, 0.29) is 0 Å². The predicted octanol–water partition coefficient (Wildman–Crippen LogP) is 7.17. The van der Waals surface area contributed by atoms with Gasteiger partial charge in [0.15, 0.2) is 0 Å². The number of hydrogen-bond acceptors (Lipinski definition) is 1. The Hall–Kier alpha value is -2.58. The molecule has 2 heteroatoms. The van der Waals surface area contributed by atoms with E-state index in [1.807, 2.05) is 18.2 Å². The topological polar surface area (TPSA) is 13.1 Å². The highest BCUT2D eigenvalue weighted by molar-refractivity contribution is 9.10. The summed E-state index contributed by atoms with van der Waals surface area (Å²) in [5, 5.41) is 4.77. The second-order valence-corrected chi connectivity index (χ2v) is 6.87. The second kappa shape index (κ2) is 5.22. The van der Waals surface area contributed by atoms with Gasteiger partial charge in [-0.2, -0.15) is 0 Å². The smallest absolute Gasteiger partial charge is 0.143 e. The first-order valence-corrected chi connectivity index (χ1v) is 8.69. The van der Waals surface area contributed by atoms with Crippen molar-refractivity contribution in [3.8, 4) is 11.1 Å². The van der Waals surface area contributed by atoms with Gasteiger partial charge in [-0.25, -0.2) is 0 Å². The highest BCUT2D eigenvalue weighted by atomic mass is 79.9. The zero-order valence-electron chi connectivity index (χ0n) is 12.8. The van der Waals surface area contributed by atoms with Gasteiger partial charge in [-0.1, -0.05) is 70.5 Å². The molecule has 24 heavy (non-hydrogen) atoms. The number of furan rings is 1. The molecule has 0 unspecified atom stereocenters. The zero-order chi connectivity index (χ0) is 16.1. The van der Waals surface area contributed by atoms with Crippen molar-refractivity contribution in [3.63, 3.8) is 0 Å². The lowest BCUT2D eigenvalue weighted by Gasteiger charge is -2.09. The zero-order valence-corrected chi connectivity index (χ0v) is 14.4. The van der Waals surface area contributed by atoms with Gasteiger partial charge in [0.25, 0.3) is 0 Å². The van der Waals surface area contributed by atoms with E-state index in [4.69, 9.17) is 4.42 Å². The van der Waals surface area contributed by atoms with Crippen LogP contribution in [0.4, 0.5) is 0 Å². The van der Waals surface area contributed by atoms with E-state index in [0.29, 0.717) is 0 Å². The molecule has 0 amide bonds. The van der Waals surface area contributed by atoms with Gasteiger partial charge in [-0.15, -0.1) is 0 Å². The monoisotopic (exact) mass is 372 g/mol. The molecule has 5 aromatic rings. The summed E-state index contributed by atoms with van der Waals surface area (Å²) in [5.41, 5.74) is 4.19. The van der Waals surface area contributed by atoms with Crippen LogP contribution in [0.5, 0.6) is 0 Å². The van der Waals surface area contributed by atoms with Crippen molar-refractivity contribution in [1.29, 1.82) is 0 Å². The molecule has 0 aliphatic heterocycles. The van der Waals surface area contributed by atoms with E-state index in [1.54, 1.807) is 0 Å². The lowest BCUT2D eigenvalue weighted by molar-refractivity contribution is 0.670. The van der Waals surface area contributed by atoms with Crippen molar-refractivity contribution < 1.29 is 4.42 Å². The third-order valence-corrected chi connectivity index (χ3v) is 5.00. The van der Waals surface area contributed by atoms with Crippen LogP contribution in [0.2, 0.25) is 0 Å². The summed E-state index contributed by atoms with van der Waals surface area (Å²) in [6.07, 6.45) is 0. The summed E-state index contributed by atoms with van der Waals surface area (Å²) in [4.78, 5) is 0. The maximum Gasteiger partial charge on any atom is 0.143 e. The van der Waals surface area contributed by atoms with Crippen LogP contribution < -0.4 is 0 Å². The standard InChI is InChI=1S/C22H13BrO/c23-16-8-5-7-15(12-16)21-17-9-2-1-6-14(17)13-19-18-10-3-4-11-20(18)24-22(19)21/h1-13H. The van der Waals surface area contributed by atoms with Crippen molar-refractivity contribution in [3.05, 3.63) is 83.3 Å². The molecule has 0 spiro atoms. The Morgan fingerprint density at radius 3 is 2.33 bits per heavy atom. The fourth-order valence-corrected chi connectivity index (χ4v) is 3.85. The van der Waals surface area contributed by atoms with Gasteiger partial charge in [0.05, 0.1) is 0 Å². The number of hydrogen-bond donors (Lipinski definition) is 0. The van der Waals surface area contributed by atoms with E-state index in [1.165, 1.54) is 16.2 Å². The molecule has 1 heterocycles. The van der Waals surface area contributed by atoms with E-state index in [0.717, 1.165) is 32.2 Å². The fraction of sp³-hybridized carbons (Fsp3) is 0. The van der Waals surface area contributed by atoms with Gasteiger partial charge in [0, 0.05) is 20.8 Å². The number of benzene rings is 4. The van der Waals surface area contributed by atoms with Crippen molar-refractivity contribution in [1.82, 2.24) is 0 Å². The summed E-state index contributed by atoms with van der Waals surface area (Å²) < 4.78 is 7.34. The molecule has 4 aromatic carbocycles. The number of para-hydroxylation sites is 1. The SMILES string of the molecule is Brc1cccc(-c2c3ccccc3cc3c2oc2ccccc23)c1. The molecule has 1 nitrogen and oxygen atoms in total. The molecule has 0 saturated heterocycles.